The molecule has 0 aromatic carbocycles. The lowest BCUT2D eigenvalue weighted by molar-refractivity contribution is 0.173. The van der Waals surface area contributed by atoms with Crippen molar-refractivity contribution in [1.82, 2.24) is 10.2 Å². The van der Waals surface area contributed by atoms with Gasteiger partial charge in [-0.1, -0.05) is 19.9 Å². The molecule has 0 aliphatic carbocycles. The number of nitrogens with zero attached hydrogens (tertiary/aromatic N) is 1. The number of piperazine rings is 1. The van der Waals surface area contributed by atoms with Crippen LogP contribution in [-0.2, 0) is 0 Å². The molecule has 1 heterocycles. The van der Waals surface area contributed by atoms with Crippen molar-refractivity contribution in [3.8, 4) is 0 Å². The SMILES string of the molecule is C=C[C@H]1CNCCN1CC(C)C. The highest BCUT2D eigenvalue weighted by molar-refractivity contribution is 4.92. The van der Waals surface area contributed by atoms with Crippen LogP contribution in [0.4, 0.5) is 0 Å². The van der Waals surface area contributed by atoms with Gasteiger partial charge in [0.1, 0.15) is 0 Å². The number of rotatable bonds is 3. The number of nitrogens with one attached hydrogen (secondary N) is 1. The molecule has 0 saturated carbocycles. The fraction of sp³-hybridized carbons (Fsp3) is 0.800. The Balaban J connectivity index is 2.41. The second-order valence-corrected chi connectivity index (χ2v) is 3.90. The molecule has 2 heteroatoms. The molecule has 1 saturated heterocycles. The van der Waals surface area contributed by atoms with Crippen molar-refractivity contribution in [3.63, 3.8) is 0 Å². The molecule has 0 unspecified atom stereocenters. The summed E-state index contributed by atoms with van der Waals surface area (Å²) in [6.45, 7) is 12.9. The third kappa shape index (κ3) is 2.61. The van der Waals surface area contributed by atoms with Crippen LogP contribution in [0.15, 0.2) is 12.7 Å². The van der Waals surface area contributed by atoms with Gasteiger partial charge in [-0.3, -0.25) is 4.90 Å². The van der Waals surface area contributed by atoms with Gasteiger partial charge in [0, 0.05) is 32.2 Å². The molecule has 0 aromatic heterocycles. The molecule has 0 amide bonds. The van der Waals surface area contributed by atoms with Crippen molar-refractivity contribution in [2.75, 3.05) is 26.2 Å². The summed E-state index contributed by atoms with van der Waals surface area (Å²) in [5.41, 5.74) is 0. The minimum atomic E-state index is 0.543. The van der Waals surface area contributed by atoms with Crippen LogP contribution in [0, 0.1) is 5.92 Å². The van der Waals surface area contributed by atoms with E-state index in [-0.39, 0.29) is 0 Å². The van der Waals surface area contributed by atoms with Crippen molar-refractivity contribution in [2.24, 2.45) is 5.92 Å². The molecule has 1 rings (SSSR count). The van der Waals surface area contributed by atoms with Gasteiger partial charge in [-0.25, -0.2) is 0 Å². The van der Waals surface area contributed by atoms with E-state index in [2.05, 4.69) is 36.7 Å². The molecule has 12 heavy (non-hydrogen) atoms. The summed E-state index contributed by atoms with van der Waals surface area (Å²) in [6.07, 6.45) is 2.05. The molecule has 0 radical (unpaired) electrons. The second-order valence-electron chi connectivity index (χ2n) is 3.90. The van der Waals surface area contributed by atoms with E-state index < -0.39 is 0 Å². The van der Waals surface area contributed by atoms with Crippen LogP contribution in [0.1, 0.15) is 13.8 Å². The third-order valence-corrected chi connectivity index (χ3v) is 2.27. The molecule has 0 bridgehead atoms. The van der Waals surface area contributed by atoms with Crippen LogP contribution in [0.25, 0.3) is 0 Å². The lowest BCUT2D eigenvalue weighted by atomic mass is 10.1. The molecule has 1 aliphatic rings. The lowest BCUT2D eigenvalue weighted by Gasteiger charge is -2.35. The highest BCUT2D eigenvalue weighted by Gasteiger charge is 2.19. The standard InChI is InChI=1S/C10H20N2/c1-4-10-7-11-5-6-12(10)8-9(2)3/h4,9-11H,1,5-8H2,2-3H3/t10-/m0/s1. The monoisotopic (exact) mass is 168 g/mol. The zero-order valence-electron chi connectivity index (χ0n) is 8.21. The topological polar surface area (TPSA) is 15.3 Å². The minimum Gasteiger partial charge on any atom is -0.314 e. The Bertz CT molecular complexity index is 143. The highest BCUT2D eigenvalue weighted by Crippen LogP contribution is 2.07. The van der Waals surface area contributed by atoms with Gasteiger partial charge in [-0.15, -0.1) is 6.58 Å². The summed E-state index contributed by atoms with van der Waals surface area (Å²) in [5.74, 6) is 0.755. The Morgan fingerprint density at radius 1 is 1.67 bits per heavy atom. The van der Waals surface area contributed by atoms with E-state index in [4.69, 9.17) is 0 Å². The smallest absolute Gasteiger partial charge is 0.0401 e. The summed E-state index contributed by atoms with van der Waals surface area (Å²) < 4.78 is 0. The molecule has 0 aromatic rings. The van der Waals surface area contributed by atoms with Gasteiger partial charge in [-0.05, 0) is 5.92 Å². The Morgan fingerprint density at radius 3 is 3.00 bits per heavy atom. The van der Waals surface area contributed by atoms with Gasteiger partial charge in [0.25, 0.3) is 0 Å². The third-order valence-electron chi connectivity index (χ3n) is 2.27. The van der Waals surface area contributed by atoms with E-state index in [1.165, 1.54) is 6.54 Å². The molecular weight excluding hydrogens is 148 g/mol. The fourth-order valence-electron chi connectivity index (χ4n) is 1.70. The highest BCUT2D eigenvalue weighted by atomic mass is 15.2. The Labute approximate surface area is 75.6 Å². The first kappa shape index (κ1) is 9.75. The summed E-state index contributed by atoms with van der Waals surface area (Å²) >= 11 is 0. The maximum absolute atomic E-state index is 3.86. The molecule has 0 spiro atoms. The molecule has 70 valence electrons. The van der Waals surface area contributed by atoms with Crippen molar-refractivity contribution in [3.05, 3.63) is 12.7 Å². The molecule has 2 nitrogen and oxygen atoms in total. The van der Waals surface area contributed by atoms with Gasteiger partial charge in [-0.2, -0.15) is 0 Å². The summed E-state index contributed by atoms with van der Waals surface area (Å²) in [4.78, 5) is 2.51. The molecular formula is C10H20N2. The van der Waals surface area contributed by atoms with E-state index in [1.54, 1.807) is 0 Å². The van der Waals surface area contributed by atoms with Crippen molar-refractivity contribution >= 4 is 0 Å². The van der Waals surface area contributed by atoms with Crippen molar-refractivity contribution in [2.45, 2.75) is 19.9 Å². The predicted octanol–water partition coefficient (Wildman–Crippen LogP) is 1.10. The summed E-state index contributed by atoms with van der Waals surface area (Å²) in [6, 6.07) is 0.543. The number of hydrogen-bond donors (Lipinski definition) is 1. The van der Waals surface area contributed by atoms with Crippen molar-refractivity contribution < 1.29 is 0 Å². The van der Waals surface area contributed by atoms with Crippen molar-refractivity contribution in [1.29, 1.82) is 0 Å². The quantitative estimate of drug-likeness (QED) is 0.635. The first-order valence-corrected chi connectivity index (χ1v) is 4.81. The first-order valence-electron chi connectivity index (χ1n) is 4.81. The van der Waals surface area contributed by atoms with Gasteiger partial charge in [0.05, 0.1) is 0 Å². The normalized spacial score (nSPS) is 26.1. The van der Waals surface area contributed by atoms with Crippen LogP contribution < -0.4 is 5.32 Å². The molecule has 1 fully saturated rings. The molecule has 1 aliphatic heterocycles. The van der Waals surface area contributed by atoms with Gasteiger partial charge in [0.15, 0.2) is 0 Å². The largest absolute Gasteiger partial charge is 0.314 e. The van der Waals surface area contributed by atoms with Crippen LogP contribution in [0.5, 0.6) is 0 Å². The Kier molecular flexibility index (Phi) is 3.76. The Morgan fingerprint density at radius 2 is 2.42 bits per heavy atom. The van der Waals surface area contributed by atoms with E-state index in [0.29, 0.717) is 6.04 Å². The van der Waals surface area contributed by atoms with Crippen LogP contribution in [0.2, 0.25) is 0 Å². The second kappa shape index (κ2) is 4.63. The van der Waals surface area contributed by atoms with Gasteiger partial charge in [0.2, 0.25) is 0 Å². The van der Waals surface area contributed by atoms with E-state index in [9.17, 15) is 0 Å². The predicted molar refractivity (Wildman–Crippen MR) is 53.3 cm³/mol. The Hall–Kier alpha value is -0.340. The maximum atomic E-state index is 3.86. The van der Waals surface area contributed by atoms with E-state index in [1.807, 2.05) is 0 Å². The average molecular weight is 168 g/mol. The van der Waals surface area contributed by atoms with Crippen LogP contribution >= 0.6 is 0 Å². The zero-order valence-corrected chi connectivity index (χ0v) is 8.21. The van der Waals surface area contributed by atoms with Gasteiger partial charge >= 0.3 is 0 Å². The summed E-state index contributed by atoms with van der Waals surface area (Å²) in [5, 5.41) is 3.38. The fourth-order valence-corrected chi connectivity index (χ4v) is 1.70. The maximum Gasteiger partial charge on any atom is 0.0401 e. The summed E-state index contributed by atoms with van der Waals surface area (Å²) in [7, 11) is 0. The van der Waals surface area contributed by atoms with E-state index in [0.717, 1.165) is 25.6 Å². The van der Waals surface area contributed by atoms with E-state index >= 15 is 0 Å². The minimum absolute atomic E-state index is 0.543. The molecule has 1 atom stereocenters. The average Bonchev–Trinajstić information content (AvgIpc) is 2.04. The molecule has 1 N–H and O–H groups in total. The lowest BCUT2D eigenvalue weighted by Crippen LogP contribution is -2.51. The number of hydrogen-bond acceptors (Lipinski definition) is 2. The van der Waals surface area contributed by atoms with Gasteiger partial charge < -0.3 is 5.32 Å². The first-order chi connectivity index (χ1) is 5.74. The van der Waals surface area contributed by atoms with Crippen LogP contribution in [0.3, 0.4) is 0 Å². The zero-order chi connectivity index (χ0) is 8.97. The van der Waals surface area contributed by atoms with Crippen LogP contribution in [-0.4, -0.2) is 37.1 Å².